The molecule has 6 rings (SSSR count). The Morgan fingerprint density at radius 2 is 0.825 bits per heavy atom. The standard InChI is InChI=1S/C34H28N2O4/c1-3-15-29(27(9-1)23-39-31-17-5-11-25-13-7-19-35-33(25)31)37-21-22-38-30-16-4-2-10-28(30)24-40-32-18-6-12-26-14-8-20-36-34(26)32/h1-20H,21-24H2. The van der Waals surface area contributed by atoms with Crippen LogP contribution in [0.1, 0.15) is 11.1 Å². The van der Waals surface area contributed by atoms with Crippen molar-refractivity contribution in [1.82, 2.24) is 9.97 Å². The van der Waals surface area contributed by atoms with E-state index < -0.39 is 0 Å². The molecule has 0 unspecified atom stereocenters. The first-order valence-electron chi connectivity index (χ1n) is 13.2. The SMILES string of the molecule is c1ccc(OCCOc2ccccc2COc2cccc3cccnc23)c(COc2cccc3cccnc23)c1. The number of hydrogen-bond donors (Lipinski definition) is 0. The van der Waals surface area contributed by atoms with Crippen LogP contribution in [0.5, 0.6) is 23.0 Å². The zero-order chi connectivity index (χ0) is 27.0. The van der Waals surface area contributed by atoms with Crippen LogP contribution < -0.4 is 18.9 Å². The van der Waals surface area contributed by atoms with Crippen molar-refractivity contribution in [3.8, 4) is 23.0 Å². The first-order valence-corrected chi connectivity index (χ1v) is 13.2. The summed E-state index contributed by atoms with van der Waals surface area (Å²) in [5.41, 5.74) is 3.59. The zero-order valence-electron chi connectivity index (χ0n) is 21.9. The molecule has 0 atom stereocenters. The van der Waals surface area contributed by atoms with Gasteiger partial charge in [-0.3, -0.25) is 9.97 Å². The highest BCUT2D eigenvalue weighted by molar-refractivity contribution is 5.84. The highest BCUT2D eigenvalue weighted by Crippen LogP contribution is 2.27. The summed E-state index contributed by atoms with van der Waals surface area (Å²) >= 11 is 0. The normalized spacial score (nSPS) is 10.9. The van der Waals surface area contributed by atoms with Crippen molar-refractivity contribution in [3.05, 3.63) is 133 Å². The molecule has 4 aromatic carbocycles. The molecule has 40 heavy (non-hydrogen) atoms. The predicted octanol–water partition coefficient (Wildman–Crippen LogP) is 7.40. The van der Waals surface area contributed by atoms with E-state index in [0.29, 0.717) is 26.4 Å². The summed E-state index contributed by atoms with van der Waals surface area (Å²) in [5, 5.41) is 2.09. The van der Waals surface area contributed by atoms with Gasteiger partial charge >= 0.3 is 0 Å². The van der Waals surface area contributed by atoms with Gasteiger partial charge in [0.05, 0.1) is 0 Å². The zero-order valence-corrected chi connectivity index (χ0v) is 21.9. The summed E-state index contributed by atoms with van der Waals surface area (Å²) in [5.74, 6) is 3.02. The molecule has 6 heteroatoms. The van der Waals surface area contributed by atoms with Gasteiger partial charge in [-0.05, 0) is 36.4 Å². The van der Waals surface area contributed by atoms with Gasteiger partial charge in [-0.1, -0.05) is 72.8 Å². The summed E-state index contributed by atoms with van der Waals surface area (Å²) in [4.78, 5) is 8.94. The molecule has 0 saturated heterocycles. The number of pyridine rings is 2. The lowest BCUT2D eigenvalue weighted by Gasteiger charge is -2.15. The molecular weight excluding hydrogens is 500 g/mol. The Balaban J connectivity index is 1.05. The van der Waals surface area contributed by atoms with Crippen molar-refractivity contribution in [2.45, 2.75) is 13.2 Å². The Morgan fingerprint density at radius 1 is 0.400 bits per heavy atom. The maximum absolute atomic E-state index is 6.14. The largest absolute Gasteiger partial charge is 0.490 e. The first kappa shape index (κ1) is 25.2. The second kappa shape index (κ2) is 12.2. The van der Waals surface area contributed by atoms with Crippen molar-refractivity contribution in [1.29, 1.82) is 0 Å². The molecule has 0 saturated carbocycles. The summed E-state index contributed by atoms with van der Waals surface area (Å²) < 4.78 is 24.5. The van der Waals surface area contributed by atoms with E-state index in [4.69, 9.17) is 18.9 Å². The summed E-state index contributed by atoms with van der Waals surface area (Å²) in [6, 6.07) is 35.5. The molecule has 0 N–H and O–H groups in total. The van der Waals surface area contributed by atoms with Gasteiger partial charge in [0, 0.05) is 34.3 Å². The van der Waals surface area contributed by atoms with E-state index in [9.17, 15) is 0 Å². The smallest absolute Gasteiger partial charge is 0.146 e. The van der Waals surface area contributed by atoms with E-state index in [-0.39, 0.29) is 0 Å². The van der Waals surface area contributed by atoms with Crippen LogP contribution in [0.15, 0.2) is 122 Å². The van der Waals surface area contributed by atoms with E-state index in [1.54, 1.807) is 12.4 Å². The van der Waals surface area contributed by atoms with E-state index in [2.05, 4.69) is 9.97 Å². The van der Waals surface area contributed by atoms with Crippen LogP contribution in [0.25, 0.3) is 21.8 Å². The Labute approximate surface area is 232 Å². The quantitative estimate of drug-likeness (QED) is 0.163. The molecule has 0 bridgehead atoms. The van der Waals surface area contributed by atoms with Crippen molar-refractivity contribution < 1.29 is 18.9 Å². The Hall–Kier alpha value is -5.10. The van der Waals surface area contributed by atoms with Gasteiger partial charge in [0.1, 0.15) is 60.5 Å². The van der Waals surface area contributed by atoms with Gasteiger partial charge < -0.3 is 18.9 Å². The number of nitrogens with zero attached hydrogens (tertiary/aromatic N) is 2. The number of fused-ring (bicyclic) bond motifs is 2. The monoisotopic (exact) mass is 528 g/mol. The number of rotatable bonds is 11. The molecule has 0 amide bonds. The fraction of sp³-hybridized carbons (Fsp3) is 0.118. The lowest BCUT2D eigenvalue weighted by molar-refractivity contribution is 0.207. The lowest BCUT2D eigenvalue weighted by atomic mass is 10.2. The van der Waals surface area contributed by atoms with E-state index in [1.165, 1.54) is 0 Å². The van der Waals surface area contributed by atoms with Gasteiger partial charge in [-0.15, -0.1) is 0 Å². The second-order valence-corrected chi connectivity index (χ2v) is 9.15. The maximum Gasteiger partial charge on any atom is 0.146 e. The van der Waals surface area contributed by atoms with Crippen LogP contribution >= 0.6 is 0 Å². The molecule has 0 aliphatic rings. The van der Waals surface area contributed by atoms with Crippen molar-refractivity contribution in [3.63, 3.8) is 0 Å². The van der Waals surface area contributed by atoms with Crippen molar-refractivity contribution in [2.24, 2.45) is 0 Å². The molecule has 0 fully saturated rings. The Bertz CT molecular complexity index is 1600. The predicted molar refractivity (Wildman–Crippen MR) is 156 cm³/mol. The minimum Gasteiger partial charge on any atom is -0.490 e. The molecule has 0 aliphatic heterocycles. The molecule has 6 nitrogen and oxygen atoms in total. The van der Waals surface area contributed by atoms with Crippen LogP contribution in [0.3, 0.4) is 0 Å². The number of aromatic nitrogens is 2. The third-order valence-electron chi connectivity index (χ3n) is 6.50. The maximum atomic E-state index is 6.14. The van der Waals surface area contributed by atoms with Crippen LogP contribution in [-0.4, -0.2) is 23.2 Å². The molecule has 2 aromatic heterocycles. The van der Waals surface area contributed by atoms with Crippen molar-refractivity contribution >= 4 is 21.8 Å². The minimum atomic E-state index is 0.371. The summed E-state index contributed by atoms with van der Waals surface area (Å²) in [6.45, 7) is 1.51. The average molecular weight is 529 g/mol. The van der Waals surface area contributed by atoms with Gasteiger partial charge in [0.15, 0.2) is 0 Å². The topological polar surface area (TPSA) is 62.7 Å². The lowest BCUT2D eigenvalue weighted by Crippen LogP contribution is -2.12. The van der Waals surface area contributed by atoms with Crippen molar-refractivity contribution in [2.75, 3.05) is 13.2 Å². The molecular formula is C34H28N2O4. The number of ether oxygens (including phenoxy) is 4. The third kappa shape index (κ3) is 5.81. The summed E-state index contributed by atoms with van der Waals surface area (Å²) in [7, 11) is 0. The summed E-state index contributed by atoms with van der Waals surface area (Å²) in [6.07, 6.45) is 3.55. The molecule has 6 aromatic rings. The van der Waals surface area contributed by atoms with Crippen LogP contribution in [0, 0.1) is 0 Å². The van der Waals surface area contributed by atoms with Crippen LogP contribution in [0.4, 0.5) is 0 Å². The van der Waals surface area contributed by atoms with Gasteiger partial charge in [-0.25, -0.2) is 0 Å². The van der Waals surface area contributed by atoms with E-state index in [0.717, 1.165) is 55.9 Å². The van der Waals surface area contributed by atoms with Gasteiger partial charge in [0.2, 0.25) is 0 Å². The third-order valence-corrected chi connectivity index (χ3v) is 6.50. The number of para-hydroxylation sites is 4. The highest BCUT2D eigenvalue weighted by atomic mass is 16.5. The fourth-order valence-electron chi connectivity index (χ4n) is 4.53. The fourth-order valence-corrected chi connectivity index (χ4v) is 4.53. The molecule has 0 spiro atoms. The average Bonchev–Trinajstić information content (AvgIpc) is 3.02. The Morgan fingerprint density at radius 3 is 1.32 bits per heavy atom. The van der Waals surface area contributed by atoms with Crippen LogP contribution in [0.2, 0.25) is 0 Å². The molecule has 2 heterocycles. The van der Waals surface area contributed by atoms with Crippen LogP contribution in [-0.2, 0) is 13.2 Å². The van der Waals surface area contributed by atoms with Gasteiger partial charge in [-0.2, -0.15) is 0 Å². The van der Waals surface area contributed by atoms with Gasteiger partial charge in [0.25, 0.3) is 0 Å². The highest BCUT2D eigenvalue weighted by Gasteiger charge is 2.09. The second-order valence-electron chi connectivity index (χ2n) is 9.15. The number of benzene rings is 4. The molecule has 0 radical (unpaired) electrons. The molecule has 0 aliphatic carbocycles. The first-order chi connectivity index (χ1) is 19.8. The van der Waals surface area contributed by atoms with E-state index >= 15 is 0 Å². The van der Waals surface area contributed by atoms with E-state index in [1.807, 2.05) is 109 Å². The number of hydrogen-bond acceptors (Lipinski definition) is 6. The Kier molecular flexibility index (Phi) is 7.67. The minimum absolute atomic E-state index is 0.371. The molecule has 198 valence electrons.